The van der Waals surface area contributed by atoms with Gasteiger partial charge in [0.1, 0.15) is 10.8 Å². The number of nitrogens with zero attached hydrogens (tertiary/aromatic N) is 2. The van der Waals surface area contributed by atoms with Crippen LogP contribution in [0.3, 0.4) is 0 Å². The fraction of sp³-hybridized carbons (Fsp3) is 0.444. The van der Waals surface area contributed by atoms with Gasteiger partial charge in [-0.25, -0.2) is 14.4 Å². The van der Waals surface area contributed by atoms with Crippen molar-refractivity contribution in [3.05, 3.63) is 51.7 Å². The van der Waals surface area contributed by atoms with Crippen molar-refractivity contribution in [3.8, 4) is 0 Å². The summed E-state index contributed by atoms with van der Waals surface area (Å²) in [6.07, 6.45) is 0. The Hall–Kier alpha value is -1.22. The third-order valence-corrected chi connectivity index (χ3v) is 4.25. The zero-order valence-corrected chi connectivity index (χ0v) is 18.2. The largest absolute Gasteiger partial charge is 0.357 e. The highest BCUT2D eigenvalue weighted by Crippen LogP contribution is 2.23. The van der Waals surface area contributed by atoms with Gasteiger partial charge in [0.05, 0.1) is 18.8 Å². The summed E-state index contributed by atoms with van der Waals surface area (Å²) in [5.74, 6) is 0.500. The van der Waals surface area contributed by atoms with Gasteiger partial charge in [-0.05, 0) is 24.6 Å². The van der Waals surface area contributed by atoms with Crippen LogP contribution < -0.4 is 10.6 Å². The Morgan fingerprint density at radius 2 is 1.88 bits per heavy atom. The topological polar surface area (TPSA) is 49.3 Å². The molecule has 1 aromatic carbocycles. The molecule has 4 nitrogen and oxygen atoms in total. The molecule has 0 unspecified atom stereocenters. The van der Waals surface area contributed by atoms with Crippen LogP contribution in [0.15, 0.2) is 34.6 Å². The first-order chi connectivity index (χ1) is 11.4. The molecule has 0 bridgehead atoms. The lowest BCUT2D eigenvalue weighted by atomic mass is 9.93. The maximum atomic E-state index is 12.9. The van der Waals surface area contributed by atoms with Crippen LogP contribution in [0.1, 0.15) is 44.0 Å². The van der Waals surface area contributed by atoms with Gasteiger partial charge in [-0.3, -0.25) is 0 Å². The van der Waals surface area contributed by atoms with Crippen molar-refractivity contribution in [2.75, 3.05) is 6.54 Å². The summed E-state index contributed by atoms with van der Waals surface area (Å²) in [4.78, 5) is 9.21. The molecule has 0 saturated carbocycles. The van der Waals surface area contributed by atoms with Crippen LogP contribution in [-0.4, -0.2) is 17.5 Å². The lowest BCUT2D eigenvalue weighted by Crippen LogP contribution is -2.36. The van der Waals surface area contributed by atoms with Crippen molar-refractivity contribution in [2.24, 2.45) is 4.99 Å². The molecule has 0 amide bonds. The van der Waals surface area contributed by atoms with Crippen LogP contribution in [0.25, 0.3) is 0 Å². The Bertz CT molecular complexity index is 677. The van der Waals surface area contributed by atoms with Gasteiger partial charge in [-0.1, -0.05) is 32.9 Å². The molecule has 1 aromatic heterocycles. The average molecular weight is 476 g/mol. The second-order valence-corrected chi connectivity index (χ2v) is 7.49. The predicted molar refractivity (Wildman–Crippen MR) is 114 cm³/mol. The Balaban J connectivity index is 0.00000312. The highest BCUT2D eigenvalue weighted by atomic mass is 127. The van der Waals surface area contributed by atoms with Crippen molar-refractivity contribution < 1.29 is 4.39 Å². The van der Waals surface area contributed by atoms with Gasteiger partial charge in [0, 0.05) is 17.3 Å². The second kappa shape index (κ2) is 10.1. The van der Waals surface area contributed by atoms with E-state index in [0.717, 1.165) is 28.8 Å². The van der Waals surface area contributed by atoms with Gasteiger partial charge >= 0.3 is 0 Å². The van der Waals surface area contributed by atoms with Crippen LogP contribution in [0, 0.1) is 5.82 Å². The molecule has 0 saturated heterocycles. The number of aromatic nitrogens is 1. The molecular weight excluding hydrogens is 450 g/mol. The van der Waals surface area contributed by atoms with E-state index < -0.39 is 0 Å². The Morgan fingerprint density at radius 1 is 1.20 bits per heavy atom. The van der Waals surface area contributed by atoms with Crippen molar-refractivity contribution in [3.63, 3.8) is 0 Å². The first-order valence-corrected chi connectivity index (χ1v) is 8.98. The summed E-state index contributed by atoms with van der Waals surface area (Å²) in [5.41, 5.74) is 2.14. The average Bonchev–Trinajstić information content (AvgIpc) is 3.01. The molecule has 2 N–H and O–H groups in total. The fourth-order valence-electron chi connectivity index (χ4n) is 2.00. The SMILES string of the molecule is CCNC(=NCc1ccc(F)cc1)NCc1nc(C(C)(C)C)cs1.I. The number of benzene rings is 1. The summed E-state index contributed by atoms with van der Waals surface area (Å²) < 4.78 is 12.9. The Labute approximate surface area is 170 Å². The van der Waals surface area contributed by atoms with Crippen LogP contribution >= 0.6 is 35.3 Å². The third kappa shape index (κ3) is 7.27. The molecule has 0 aliphatic heterocycles. The molecule has 0 atom stereocenters. The number of nitrogens with one attached hydrogen (secondary N) is 2. The van der Waals surface area contributed by atoms with E-state index in [1.54, 1.807) is 23.5 Å². The summed E-state index contributed by atoms with van der Waals surface area (Å²) in [5, 5.41) is 9.65. The van der Waals surface area contributed by atoms with E-state index in [2.05, 4.69) is 46.8 Å². The Morgan fingerprint density at radius 3 is 2.44 bits per heavy atom. The van der Waals surface area contributed by atoms with Gasteiger partial charge in [0.15, 0.2) is 5.96 Å². The number of halogens is 2. The third-order valence-electron chi connectivity index (χ3n) is 3.40. The molecule has 0 spiro atoms. The van der Waals surface area contributed by atoms with E-state index in [-0.39, 0.29) is 35.2 Å². The van der Waals surface area contributed by atoms with Gasteiger partial charge < -0.3 is 10.6 Å². The number of hydrogen-bond acceptors (Lipinski definition) is 3. The van der Waals surface area contributed by atoms with E-state index >= 15 is 0 Å². The molecule has 0 fully saturated rings. The molecule has 0 aliphatic rings. The van der Waals surface area contributed by atoms with Crippen molar-refractivity contribution in [1.29, 1.82) is 0 Å². The molecule has 0 radical (unpaired) electrons. The minimum atomic E-state index is -0.230. The smallest absolute Gasteiger partial charge is 0.191 e. The summed E-state index contributed by atoms with van der Waals surface area (Å²) in [6.45, 7) is 10.4. The van der Waals surface area contributed by atoms with Crippen LogP contribution in [0.5, 0.6) is 0 Å². The van der Waals surface area contributed by atoms with Gasteiger partial charge in [0.25, 0.3) is 0 Å². The molecule has 2 aromatic rings. The highest BCUT2D eigenvalue weighted by molar-refractivity contribution is 14.0. The lowest BCUT2D eigenvalue weighted by molar-refractivity contribution is 0.570. The van der Waals surface area contributed by atoms with Crippen LogP contribution in [-0.2, 0) is 18.5 Å². The van der Waals surface area contributed by atoms with Gasteiger partial charge in [-0.2, -0.15) is 0 Å². The normalized spacial score (nSPS) is 11.8. The highest BCUT2D eigenvalue weighted by Gasteiger charge is 2.17. The van der Waals surface area contributed by atoms with E-state index in [9.17, 15) is 4.39 Å². The zero-order chi connectivity index (χ0) is 17.6. The molecule has 2 rings (SSSR count). The van der Waals surface area contributed by atoms with E-state index in [0.29, 0.717) is 13.1 Å². The maximum Gasteiger partial charge on any atom is 0.191 e. The molecule has 7 heteroatoms. The quantitative estimate of drug-likeness (QED) is 0.381. The molecule has 0 aliphatic carbocycles. The molecular formula is C18H26FIN4S. The van der Waals surface area contributed by atoms with E-state index in [4.69, 9.17) is 0 Å². The number of aliphatic imine (C=N–C) groups is 1. The summed E-state index contributed by atoms with van der Waals surface area (Å²) in [6, 6.07) is 6.40. The summed E-state index contributed by atoms with van der Waals surface area (Å²) in [7, 11) is 0. The van der Waals surface area contributed by atoms with Crippen molar-refractivity contribution in [1.82, 2.24) is 15.6 Å². The minimum Gasteiger partial charge on any atom is -0.357 e. The number of guanidine groups is 1. The van der Waals surface area contributed by atoms with Crippen LogP contribution in [0.2, 0.25) is 0 Å². The Kier molecular flexibility index (Phi) is 8.78. The minimum absolute atomic E-state index is 0. The van der Waals surface area contributed by atoms with Crippen LogP contribution in [0.4, 0.5) is 4.39 Å². The first-order valence-electron chi connectivity index (χ1n) is 8.10. The molecule has 25 heavy (non-hydrogen) atoms. The van der Waals surface area contributed by atoms with E-state index in [1.165, 1.54) is 12.1 Å². The number of hydrogen-bond donors (Lipinski definition) is 2. The maximum absolute atomic E-state index is 12.9. The first kappa shape index (κ1) is 21.8. The zero-order valence-electron chi connectivity index (χ0n) is 15.1. The molecule has 1 heterocycles. The molecule has 138 valence electrons. The fourth-order valence-corrected chi connectivity index (χ4v) is 2.96. The summed E-state index contributed by atoms with van der Waals surface area (Å²) >= 11 is 1.65. The van der Waals surface area contributed by atoms with E-state index in [1.807, 2.05) is 6.92 Å². The lowest BCUT2D eigenvalue weighted by Gasteiger charge is -2.14. The predicted octanol–water partition coefficient (Wildman–Crippen LogP) is 4.45. The standard InChI is InChI=1S/C18H25FN4S.HI/c1-5-20-17(21-10-13-6-8-14(19)9-7-13)22-11-16-23-15(12-24-16)18(2,3)4;/h6-9,12H,5,10-11H2,1-4H3,(H2,20,21,22);1H. The van der Waals surface area contributed by atoms with Gasteiger partial charge in [0.2, 0.25) is 0 Å². The number of thiazole rings is 1. The van der Waals surface area contributed by atoms with Crippen molar-refractivity contribution in [2.45, 2.75) is 46.2 Å². The second-order valence-electron chi connectivity index (χ2n) is 6.55. The van der Waals surface area contributed by atoms with Crippen molar-refractivity contribution >= 4 is 41.3 Å². The van der Waals surface area contributed by atoms with Gasteiger partial charge in [-0.15, -0.1) is 35.3 Å². The number of rotatable bonds is 5. The monoisotopic (exact) mass is 476 g/mol.